The Morgan fingerprint density at radius 1 is 1.00 bits per heavy atom. The Labute approximate surface area is 124 Å². The highest BCUT2D eigenvalue weighted by atomic mass is 16.5. The van der Waals surface area contributed by atoms with Crippen molar-refractivity contribution in [3.63, 3.8) is 0 Å². The molecule has 20 heavy (non-hydrogen) atoms. The number of aliphatic hydroxyl groups excluding tert-OH is 1. The van der Waals surface area contributed by atoms with Crippen molar-refractivity contribution >= 4 is 5.97 Å². The zero-order chi connectivity index (χ0) is 15.1. The highest BCUT2D eigenvalue weighted by molar-refractivity contribution is 5.88. The quantitative estimate of drug-likeness (QED) is 0.310. The van der Waals surface area contributed by atoms with Gasteiger partial charge in [0.25, 0.3) is 0 Å². The van der Waals surface area contributed by atoms with Crippen molar-refractivity contribution in [2.45, 2.75) is 78.1 Å². The second-order valence-corrected chi connectivity index (χ2v) is 5.25. The highest BCUT2D eigenvalue weighted by Crippen LogP contribution is 2.13. The Hall–Kier alpha value is -0.830. The van der Waals surface area contributed by atoms with Crippen LogP contribution in [0.25, 0.3) is 0 Å². The smallest absolute Gasteiger partial charge is 0.333 e. The number of aliphatic hydroxyl groups is 1. The average Bonchev–Trinajstić information content (AvgIpc) is 2.46. The minimum Gasteiger partial charge on any atom is -0.462 e. The SMILES string of the molecule is CCCCCCOC(=O)C(=CCCO)CCCCCC. The van der Waals surface area contributed by atoms with Crippen molar-refractivity contribution in [3.05, 3.63) is 11.6 Å². The third-order valence-electron chi connectivity index (χ3n) is 3.31. The van der Waals surface area contributed by atoms with Crippen molar-refractivity contribution in [1.29, 1.82) is 0 Å². The maximum atomic E-state index is 12.0. The molecule has 0 aliphatic carbocycles. The molecule has 0 spiro atoms. The first kappa shape index (κ1) is 19.2. The molecule has 0 amide bonds. The summed E-state index contributed by atoms with van der Waals surface area (Å²) in [6.45, 7) is 4.94. The van der Waals surface area contributed by atoms with Gasteiger partial charge in [-0.05, 0) is 25.7 Å². The normalized spacial score (nSPS) is 11.7. The summed E-state index contributed by atoms with van der Waals surface area (Å²) in [6.07, 6.45) is 12.2. The van der Waals surface area contributed by atoms with E-state index < -0.39 is 0 Å². The summed E-state index contributed by atoms with van der Waals surface area (Å²) in [6, 6.07) is 0. The minimum absolute atomic E-state index is 0.0856. The second-order valence-electron chi connectivity index (χ2n) is 5.25. The van der Waals surface area contributed by atoms with Gasteiger partial charge in [-0.1, -0.05) is 58.4 Å². The van der Waals surface area contributed by atoms with Crippen molar-refractivity contribution in [3.8, 4) is 0 Å². The summed E-state index contributed by atoms with van der Waals surface area (Å²) in [5, 5.41) is 8.88. The number of carbonyl (C=O) groups is 1. The Morgan fingerprint density at radius 2 is 1.65 bits per heavy atom. The van der Waals surface area contributed by atoms with Gasteiger partial charge in [-0.15, -0.1) is 0 Å². The van der Waals surface area contributed by atoms with Gasteiger partial charge in [-0.25, -0.2) is 4.79 Å². The molecule has 0 bridgehead atoms. The van der Waals surface area contributed by atoms with E-state index in [2.05, 4.69) is 13.8 Å². The predicted octanol–water partition coefficient (Wildman–Crippen LogP) is 4.39. The molecule has 0 saturated carbocycles. The van der Waals surface area contributed by atoms with Crippen LogP contribution in [0.5, 0.6) is 0 Å². The van der Waals surface area contributed by atoms with E-state index in [0.717, 1.165) is 37.7 Å². The lowest BCUT2D eigenvalue weighted by atomic mass is 10.1. The van der Waals surface area contributed by atoms with Gasteiger partial charge in [0.15, 0.2) is 0 Å². The third kappa shape index (κ3) is 11.0. The molecule has 3 nitrogen and oxygen atoms in total. The largest absolute Gasteiger partial charge is 0.462 e. The maximum Gasteiger partial charge on any atom is 0.333 e. The van der Waals surface area contributed by atoms with Crippen LogP contribution in [-0.4, -0.2) is 24.3 Å². The van der Waals surface area contributed by atoms with Gasteiger partial charge in [-0.3, -0.25) is 0 Å². The van der Waals surface area contributed by atoms with Crippen LogP contribution >= 0.6 is 0 Å². The van der Waals surface area contributed by atoms with Gasteiger partial charge in [0, 0.05) is 12.2 Å². The van der Waals surface area contributed by atoms with Crippen LogP contribution in [0.1, 0.15) is 78.1 Å². The van der Waals surface area contributed by atoms with E-state index in [9.17, 15) is 4.79 Å². The van der Waals surface area contributed by atoms with E-state index >= 15 is 0 Å². The first-order chi connectivity index (χ1) is 9.76. The molecule has 118 valence electrons. The van der Waals surface area contributed by atoms with E-state index in [4.69, 9.17) is 9.84 Å². The summed E-state index contributed by atoms with van der Waals surface area (Å²) >= 11 is 0. The van der Waals surface area contributed by atoms with Gasteiger partial charge in [0.1, 0.15) is 0 Å². The molecule has 0 radical (unpaired) electrons. The molecule has 0 rings (SSSR count). The molecule has 0 unspecified atom stereocenters. The monoisotopic (exact) mass is 284 g/mol. The van der Waals surface area contributed by atoms with E-state index in [0.29, 0.717) is 13.0 Å². The van der Waals surface area contributed by atoms with E-state index in [1.54, 1.807) is 0 Å². The van der Waals surface area contributed by atoms with Gasteiger partial charge < -0.3 is 9.84 Å². The summed E-state index contributed by atoms with van der Waals surface area (Å²) in [5.74, 6) is -0.188. The average molecular weight is 284 g/mol. The zero-order valence-corrected chi connectivity index (χ0v) is 13.3. The second kappa shape index (κ2) is 14.6. The first-order valence-corrected chi connectivity index (χ1v) is 8.23. The number of esters is 1. The summed E-state index contributed by atoms with van der Waals surface area (Å²) < 4.78 is 5.32. The van der Waals surface area contributed by atoms with Crippen LogP contribution in [0, 0.1) is 0 Å². The fourth-order valence-electron chi connectivity index (χ4n) is 2.05. The zero-order valence-electron chi connectivity index (χ0n) is 13.3. The van der Waals surface area contributed by atoms with E-state index in [1.807, 2.05) is 6.08 Å². The van der Waals surface area contributed by atoms with Crippen LogP contribution in [0.3, 0.4) is 0 Å². The number of unbranched alkanes of at least 4 members (excludes halogenated alkanes) is 6. The molecule has 0 aliphatic heterocycles. The Kier molecular flexibility index (Phi) is 14.0. The molecule has 0 heterocycles. The molecular formula is C17H32O3. The lowest BCUT2D eigenvalue weighted by molar-refractivity contribution is -0.139. The standard InChI is InChI=1S/C17H32O3/c1-3-5-7-9-12-16(13-11-14-18)17(19)20-15-10-8-6-4-2/h13,18H,3-12,14-15H2,1-2H3. The number of hydrogen-bond acceptors (Lipinski definition) is 3. The van der Waals surface area contributed by atoms with Crippen LogP contribution in [0.2, 0.25) is 0 Å². The van der Waals surface area contributed by atoms with Gasteiger partial charge in [0.2, 0.25) is 0 Å². The van der Waals surface area contributed by atoms with Crippen molar-refractivity contribution < 1.29 is 14.6 Å². The Morgan fingerprint density at radius 3 is 2.25 bits per heavy atom. The molecule has 1 N–H and O–H groups in total. The first-order valence-electron chi connectivity index (χ1n) is 8.23. The molecule has 0 aromatic carbocycles. The molecule has 0 fully saturated rings. The number of rotatable bonds is 13. The maximum absolute atomic E-state index is 12.0. The molecule has 0 aromatic rings. The molecule has 0 aliphatic rings. The number of ether oxygens (including phenoxy) is 1. The Balaban J connectivity index is 4.01. The topological polar surface area (TPSA) is 46.5 Å². The highest BCUT2D eigenvalue weighted by Gasteiger charge is 2.10. The van der Waals surface area contributed by atoms with Crippen LogP contribution in [0.15, 0.2) is 11.6 Å². The molecule has 0 aromatic heterocycles. The summed E-state index contributed by atoms with van der Waals surface area (Å²) in [4.78, 5) is 12.0. The fourth-order valence-corrected chi connectivity index (χ4v) is 2.05. The fraction of sp³-hybridized carbons (Fsp3) is 0.824. The van der Waals surface area contributed by atoms with Crippen LogP contribution in [-0.2, 0) is 9.53 Å². The summed E-state index contributed by atoms with van der Waals surface area (Å²) in [7, 11) is 0. The van der Waals surface area contributed by atoms with E-state index in [1.165, 1.54) is 25.7 Å². The molecule has 3 heteroatoms. The lowest BCUT2D eigenvalue weighted by Gasteiger charge is -2.08. The third-order valence-corrected chi connectivity index (χ3v) is 3.31. The predicted molar refractivity (Wildman–Crippen MR) is 83.6 cm³/mol. The van der Waals surface area contributed by atoms with Gasteiger partial charge in [-0.2, -0.15) is 0 Å². The van der Waals surface area contributed by atoms with Crippen molar-refractivity contribution in [2.24, 2.45) is 0 Å². The minimum atomic E-state index is -0.188. The number of carbonyl (C=O) groups excluding carboxylic acids is 1. The van der Waals surface area contributed by atoms with E-state index in [-0.39, 0.29) is 12.6 Å². The van der Waals surface area contributed by atoms with Crippen molar-refractivity contribution in [1.82, 2.24) is 0 Å². The number of hydrogen-bond donors (Lipinski definition) is 1. The van der Waals surface area contributed by atoms with Gasteiger partial charge in [0.05, 0.1) is 6.61 Å². The molecule has 0 atom stereocenters. The van der Waals surface area contributed by atoms with Crippen LogP contribution < -0.4 is 0 Å². The lowest BCUT2D eigenvalue weighted by Crippen LogP contribution is -2.09. The Bertz CT molecular complexity index is 259. The van der Waals surface area contributed by atoms with Crippen molar-refractivity contribution in [2.75, 3.05) is 13.2 Å². The van der Waals surface area contributed by atoms with Gasteiger partial charge >= 0.3 is 5.97 Å². The van der Waals surface area contributed by atoms with Crippen LogP contribution in [0.4, 0.5) is 0 Å². The summed E-state index contributed by atoms with van der Waals surface area (Å²) in [5.41, 5.74) is 0.741. The molecule has 0 saturated heterocycles. The molecular weight excluding hydrogens is 252 g/mol.